The van der Waals surface area contributed by atoms with E-state index in [1.807, 2.05) is 50.2 Å². The highest BCUT2D eigenvalue weighted by Gasteiger charge is 2.28. The van der Waals surface area contributed by atoms with Crippen LogP contribution >= 0.6 is 35.0 Å². The average Bonchev–Trinajstić information content (AvgIpc) is 2.75. The molecule has 2 aromatic carbocycles. The Bertz CT molecular complexity index is 921. The van der Waals surface area contributed by atoms with Gasteiger partial charge in [0.05, 0.1) is 15.8 Å². The molecule has 32 heavy (non-hydrogen) atoms. The summed E-state index contributed by atoms with van der Waals surface area (Å²) in [7, 11) is 0. The molecule has 0 aliphatic heterocycles. The summed E-state index contributed by atoms with van der Waals surface area (Å²) in [5.74, 6) is 1.11. The van der Waals surface area contributed by atoms with Gasteiger partial charge in [0.15, 0.2) is 0 Å². The molecule has 0 spiro atoms. The number of nitrogens with zero attached hydrogens (tertiary/aromatic N) is 1. The molecule has 0 aliphatic rings. The zero-order valence-corrected chi connectivity index (χ0v) is 21.5. The molecule has 1 N–H and O–H groups in total. The first-order valence-corrected chi connectivity index (χ1v) is 12.8. The van der Waals surface area contributed by atoms with E-state index in [1.165, 1.54) is 11.8 Å². The maximum Gasteiger partial charge on any atom is 0.242 e. The van der Waals surface area contributed by atoms with Crippen LogP contribution in [-0.2, 0) is 21.9 Å². The average molecular weight is 496 g/mol. The zero-order valence-electron chi connectivity index (χ0n) is 19.2. The Kier molecular flexibility index (Phi) is 10.9. The molecule has 7 heteroatoms. The predicted molar refractivity (Wildman–Crippen MR) is 136 cm³/mol. The molecule has 0 radical (unpaired) electrons. The normalized spacial score (nSPS) is 12.0. The molecule has 0 aromatic heterocycles. The quantitative estimate of drug-likeness (QED) is 0.409. The predicted octanol–water partition coefficient (Wildman–Crippen LogP) is 6.11. The lowest BCUT2D eigenvalue weighted by molar-refractivity contribution is -0.139. The van der Waals surface area contributed by atoms with Crippen LogP contribution in [0.1, 0.15) is 43.9 Å². The summed E-state index contributed by atoms with van der Waals surface area (Å²) in [6.07, 6.45) is 0.555. The van der Waals surface area contributed by atoms with Crippen molar-refractivity contribution in [3.8, 4) is 0 Å². The first kappa shape index (κ1) is 26.6. The van der Waals surface area contributed by atoms with E-state index in [9.17, 15) is 9.59 Å². The fourth-order valence-corrected chi connectivity index (χ4v) is 4.46. The third-order valence-electron chi connectivity index (χ3n) is 5.15. The Morgan fingerprint density at radius 1 is 1.09 bits per heavy atom. The smallest absolute Gasteiger partial charge is 0.242 e. The second-order valence-electron chi connectivity index (χ2n) is 8.25. The van der Waals surface area contributed by atoms with Crippen molar-refractivity contribution in [2.75, 3.05) is 12.3 Å². The number of amides is 2. The number of nitrogens with one attached hydrogen (secondary N) is 1. The first-order valence-electron chi connectivity index (χ1n) is 10.9. The van der Waals surface area contributed by atoms with E-state index in [4.69, 9.17) is 23.2 Å². The van der Waals surface area contributed by atoms with Crippen molar-refractivity contribution < 1.29 is 9.59 Å². The SMILES string of the molecule is CCC(C(=O)NCC(C)C)N(Cc1ccccc1C)C(=O)CSCc1ccc(Cl)c(Cl)c1. The molecule has 1 unspecified atom stereocenters. The maximum absolute atomic E-state index is 13.3. The summed E-state index contributed by atoms with van der Waals surface area (Å²) >= 11 is 13.6. The van der Waals surface area contributed by atoms with E-state index < -0.39 is 6.04 Å². The van der Waals surface area contributed by atoms with Gasteiger partial charge in [-0.3, -0.25) is 9.59 Å². The van der Waals surface area contributed by atoms with Crippen LogP contribution in [-0.4, -0.2) is 35.1 Å². The molecule has 0 saturated carbocycles. The van der Waals surface area contributed by atoms with Gasteiger partial charge in [-0.2, -0.15) is 0 Å². The molecule has 0 bridgehead atoms. The van der Waals surface area contributed by atoms with E-state index in [1.54, 1.807) is 11.0 Å². The van der Waals surface area contributed by atoms with Crippen LogP contribution in [0, 0.1) is 12.8 Å². The molecule has 0 fully saturated rings. The molecule has 2 aromatic rings. The fraction of sp³-hybridized carbons (Fsp3) is 0.440. The Balaban J connectivity index is 2.14. The molecule has 0 heterocycles. The monoisotopic (exact) mass is 494 g/mol. The van der Waals surface area contributed by atoms with Gasteiger partial charge in [-0.05, 0) is 48.1 Å². The topological polar surface area (TPSA) is 49.4 Å². The van der Waals surface area contributed by atoms with Crippen LogP contribution < -0.4 is 5.32 Å². The molecule has 2 rings (SSSR count). The summed E-state index contributed by atoms with van der Waals surface area (Å²) in [6.45, 7) is 9.08. The van der Waals surface area contributed by atoms with Crippen LogP contribution in [0.15, 0.2) is 42.5 Å². The van der Waals surface area contributed by atoms with E-state index in [0.717, 1.165) is 16.7 Å². The van der Waals surface area contributed by atoms with Gasteiger partial charge in [-0.25, -0.2) is 0 Å². The minimum Gasteiger partial charge on any atom is -0.354 e. The third-order valence-corrected chi connectivity index (χ3v) is 6.88. The second kappa shape index (κ2) is 13.1. The van der Waals surface area contributed by atoms with Crippen molar-refractivity contribution in [2.24, 2.45) is 5.92 Å². The van der Waals surface area contributed by atoms with E-state index in [0.29, 0.717) is 41.2 Å². The fourth-order valence-electron chi connectivity index (χ4n) is 3.28. The summed E-state index contributed by atoms with van der Waals surface area (Å²) in [4.78, 5) is 27.9. The highest BCUT2D eigenvalue weighted by molar-refractivity contribution is 7.99. The van der Waals surface area contributed by atoms with Gasteiger partial charge in [0.1, 0.15) is 6.04 Å². The molecular weight excluding hydrogens is 463 g/mol. The number of aryl methyl sites for hydroxylation is 1. The highest BCUT2D eigenvalue weighted by Crippen LogP contribution is 2.25. The van der Waals surface area contributed by atoms with Crippen molar-refractivity contribution in [2.45, 2.75) is 52.5 Å². The Morgan fingerprint density at radius 2 is 1.81 bits per heavy atom. The first-order chi connectivity index (χ1) is 15.2. The standard InChI is InChI=1S/C25H32Cl2N2O2S/c1-5-23(25(31)28-13-17(2)3)29(14-20-9-7-6-8-18(20)4)24(30)16-32-15-19-10-11-21(26)22(27)12-19/h6-12,17,23H,5,13-16H2,1-4H3,(H,28,31). The van der Waals surface area contributed by atoms with Gasteiger partial charge in [0.25, 0.3) is 0 Å². The van der Waals surface area contributed by atoms with Gasteiger partial charge in [-0.1, -0.05) is 74.3 Å². The van der Waals surface area contributed by atoms with Crippen LogP contribution in [0.25, 0.3) is 0 Å². The van der Waals surface area contributed by atoms with E-state index in [-0.39, 0.29) is 17.6 Å². The van der Waals surface area contributed by atoms with Gasteiger partial charge < -0.3 is 10.2 Å². The van der Waals surface area contributed by atoms with Crippen molar-refractivity contribution in [1.82, 2.24) is 10.2 Å². The molecule has 4 nitrogen and oxygen atoms in total. The highest BCUT2D eigenvalue weighted by atomic mass is 35.5. The van der Waals surface area contributed by atoms with Crippen LogP contribution in [0.2, 0.25) is 10.0 Å². The van der Waals surface area contributed by atoms with E-state index in [2.05, 4.69) is 19.2 Å². The zero-order chi connectivity index (χ0) is 23.7. The van der Waals surface area contributed by atoms with Crippen molar-refractivity contribution >= 4 is 46.8 Å². The lowest BCUT2D eigenvalue weighted by Crippen LogP contribution is -2.50. The Hall–Kier alpha value is -1.69. The lowest BCUT2D eigenvalue weighted by atomic mass is 10.1. The number of carbonyl (C=O) groups excluding carboxylic acids is 2. The summed E-state index contributed by atoms with van der Waals surface area (Å²) in [6, 6.07) is 13.0. The largest absolute Gasteiger partial charge is 0.354 e. The molecule has 2 amide bonds. The number of rotatable bonds is 11. The number of carbonyl (C=O) groups is 2. The molecular formula is C25H32Cl2N2O2S. The van der Waals surface area contributed by atoms with Crippen molar-refractivity contribution in [3.05, 3.63) is 69.2 Å². The summed E-state index contributed by atoms with van der Waals surface area (Å²) in [5.41, 5.74) is 3.15. The van der Waals surface area contributed by atoms with E-state index >= 15 is 0 Å². The third kappa shape index (κ3) is 8.02. The second-order valence-corrected chi connectivity index (χ2v) is 10.1. The number of thioether (sulfide) groups is 1. The van der Waals surface area contributed by atoms with Crippen LogP contribution in [0.5, 0.6) is 0 Å². The molecule has 0 aliphatic carbocycles. The summed E-state index contributed by atoms with van der Waals surface area (Å²) in [5, 5.41) is 4.01. The Morgan fingerprint density at radius 3 is 2.44 bits per heavy atom. The number of hydrogen-bond donors (Lipinski definition) is 1. The number of hydrogen-bond acceptors (Lipinski definition) is 3. The molecule has 174 valence electrons. The van der Waals surface area contributed by atoms with Crippen molar-refractivity contribution in [3.63, 3.8) is 0 Å². The van der Waals surface area contributed by atoms with Crippen LogP contribution in [0.4, 0.5) is 0 Å². The van der Waals surface area contributed by atoms with Gasteiger partial charge in [-0.15, -0.1) is 11.8 Å². The minimum atomic E-state index is -0.508. The number of benzene rings is 2. The molecule has 0 saturated heterocycles. The van der Waals surface area contributed by atoms with Crippen LogP contribution in [0.3, 0.4) is 0 Å². The maximum atomic E-state index is 13.3. The van der Waals surface area contributed by atoms with Gasteiger partial charge in [0, 0.05) is 18.8 Å². The minimum absolute atomic E-state index is 0.0511. The Labute approximate surface area is 206 Å². The summed E-state index contributed by atoms with van der Waals surface area (Å²) < 4.78 is 0. The molecule has 1 atom stereocenters. The lowest BCUT2D eigenvalue weighted by Gasteiger charge is -2.31. The van der Waals surface area contributed by atoms with Gasteiger partial charge in [0.2, 0.25) is 11.8 Å². The number of halogens is 2. The van der Waals surface area contributed by atoms with Crippen molar-refractivity contribution in [1.29, 1.82) is 0 Å². The van der Waals surface area contributed by atoms with Gasteiger partial charge >= 0.3 is 0 Å².